The molecule has 0 saturated heterocycles. The monoisotopic (exact) mass is 1280 g/mol. The summed E-state index contributed by atoms with van der Waals surface area (Å²) in [6.07, 6.45) is 0. The molecule has 18 aromatic rings. The maximum absolute atomic E-state index is 2.41. The Bertz CT molecular complexity index is 5600. The van der Waals surface area contributed by atoms with Gasteiger partial charge in [-0.15, -0.1) is 0 Å². The quantitative estimate of drug-likeness (QED) is 0.113. The Kier molecular flexibility index (Phi) is 18.3. The number of rotatable bonds is 12. The predicted octanol–water partition coefficient (Wildman–Crippen LogP) is 28.5. The minimum atomic E-state index is 1.10. The predicted molar refractivity (Wildman–Crippen MR) is 434 cm³/mol. The molecule has 0 aromatic heterocycles. The van der Waals surface area contributed by atoms with Crippen LogP contribution >= 0.6 is 0 Å². The summed E-state index contributed by atoms with van der Waals surface area (Å²) >= 11 is 0. The molecule has 4 heteroatoms. The van der Waals surface area contributed by atoms with Crippen LogP contribution in [0.3, 0.4) is 0 Å². The molecule has 0 aliphatic heterocycles. The molecule has 0 saturated carbocycles. The van der Waals surface area contributed by atoms with Gasteiger partial charge in [-0.25, -0.2) is 0 Å². The van der Waals surface area contributed by atoms with Crippen molar-refractivity contribution in [3.63, 3.8) is 0 Å². The lowest BCUT2D eigenvalue weighted by Gasteiger charge is -2.30. The molecule has 0 aliphatic carbocycles. The van der Waals surface area contributed by atoms with Crippen LogP contribution in [0.25, 0.3) is 86.2 Å². The highest BCUT2D eigenvalue weighted by atomic mass is 15.2. The second-order valence-electron chi connectivity index (χ2n) is 24.6. The largest absolute Gasteiger partial charge is 0.310 e. The topological polar surface area (TPSA) is 13.0 Å². The number of anilines is 12. The van der Waals surface area contributed by atoms with E-state index in [1.165, 1.54) is 91.9 Å². The number of fused-ring (bicyclic) bond motifs is 8. The molecule has 18 rings (SSSR count). The van der Waals surface area contributed by atoms with Gasteiger partial charge in [0, 0.05) is 73.3 Å². The molecule has 0 radical (unpaired) electrons. The molecule has 4 nitrogen and oxygen atoms in total. The van der Waals surface area contributed by atoms with E-state index in [2.05, 4.69) is 408 Å². The molecule has 0 bridgehead atoms. The van der Waals surface area contributed by atoms with Crippen molar-refractivity contribution < 1.29 is 0 Å². The first-order chi connectivity index (χ1) is 49.6. The van der Waals surface area contributed by atoms with Gasteiger partial charge in [-0.1, -0.05) is 240 Å². The second kappa shape index (κ2) is 28.9. The first-order valence-corrected chi connectivity index (χ1v) is 34.9. The fraction of sp³-hybridized carbons (Fsp3) is 0.0417. The number of nitrogens with zero attached hydrogens (tertiary/aromatic N) is 4. The summed E-state index contributed by atoms with van der Waals surface area (Å²) in [4.78, 5) is 9.43. The first kappa shape index (κ1) is 63.3. The molecule has 0 heterocycles. The van der Waals surface area contributed by atoms with E-state index in [1.807, 2.05) is 27.7 Å². The number of benzene rings is 18. The minimum absolute atomic E-state index is 1.10. The highest BCUT2D eigenvalue weighted by Gasteiger charge is 2.22. The molecule has 0 fully saturated rings. The van der Waals surface area contributed by atoms with Crippen LogP contribution in [0.15, 0.2) is 388 Å². The standard InChI is InChI=1S/2C46H32N2.2C2H6/c1-3-15-41(16-4-1)47(45-21-19-37-27-33-11-7-9-13-35(33)29-39(37)31-45)43-23-25-44(26-24-43)48(42-17-5-2-6-18-42)46-22-20-38-28-34-12-8-10-14-36(34)30-40(38)32-46;1-3-17-39(18-4-1)47(43-24-23-35-29-33-13-7-8-14-34(33)30-38(35)32-43)41-25-27-42(28-26-41)48(40-19-5-2-6-20-40)46-44-21-11-9-15-36(44)31-37-16-10-12-22-45(37)46;2*1-2/h2*1-32H;2*1-2H3. The molecule has 0 unspecified atom stereocenters. The summed E-state index contributed by atoms with van der Waals surface area (Å²) in [6.45, 7) is 8.00. The summed E-state index contributed by atoms with van der Waals surface area (Å²) in [7, 11) is 0. The van der Waals surface area contributed by atoms with Gasteiger partial charge in [-0.05, 0) is 251 Å². The lowest BCUT2D eigenvalue weighted by atomic mass is 9.99. The summed E-state index contributed by atoms with van der Waals surface area (Å²) in [5.41, 5.74) is 13.4. The number of hydrogen-bond donors (Lipinski definition) is 0. The van der Waals surface area contributed by atoms with Crippen LogP contribution in [-0.2, 0) is 0 Å². The second-order valence-corrected chi connectivity index (χ2v) is 24.6. The average Bonchev–Trinajstić information content (AvgIpc) is 0.758. The summed E-state index contributed by atoms with van der Waals surface area (Å²) < 4.78 is 0. The van der Waals surface area contributed by atoms with Crippen molar-refractivity contribution in [1.82, 2.24) is 0 Å². The van der Waals surface area contributed by atoms with E-state index in [9.17, 15) is 0 Å². The van der Waals surface area contributed by atoms with Crippen LogP contribution < -0.4 is 19.6 Å². The maximum atomic E-state index is 2.41. The Hall–Kier alpha value is -12.8. The third-order valence-corrected chi connectivity index (χ3v) is 18.6. The van der Waals surface area contributed by atoms with Gasteiger partial charge in [-0.3, -0.25) is 0 Å². The lowest BCUT2D eigenvalue weighted by Crippen LogP contribution is -2.12. The highest BCUT2D eigenvalue weighted by molar-refractivity contribution is 6.14. The summed E-state index contributed by atoms with van der Waals surface area (Å²) in [5, 5.41) is 19.8. The fourth-order valence-corrected chi connectivity index (χ4v) is 14.0. The van der Waals surface area contributed by atoms with Crippen LogP contribution in [0.2, 0.25) is 0 Å². The van der Waals surface area contributed by atoms with Gasteiger partial charge < -0.3 is 19.6 Å². The van der Waals surface area contributed by atoms with Crippen LogP contribution in [0.5, 0.6) is 0 Å². The SMILES string of the molecule is CC.CC.c1ccc(N(c2ccc(N(c3ccccc3)c3c4ccccc4cc4ccccc34)cc2)c2ccc3cc4ccccc4cc3c2)cc1.c1ccc(N(c2ccc(N(c3ccccc3)c3ccc4cc5ccccc5cc4c3)cc2)c2ccc3cc4ccccc4cc3c2)cc1. The molecule has 0 aliphatic rings. The minimum Gasteiger partial charge on any atom is -0.310 e. The maximum Gasteiger partial charge on any atom is 0.0618 e. The third-order valence-electron chi connectivity index (χ3n) is 18.6. The Morgan fingerprint density at radius 2 is 0.310 bits per heavy atom. The third kappa shape index (κ3) is 12.8. The fourth-order valence-electron chi connectivity index (χ4n) is 14.0. The molecular weight excluding hydrogens is 1210 g/mol. The first-order valence-electron chi connectivity index (χ1n) is 34.9. The summed E-state index contributed by atoms with van der Waals surface area (Å²) in [5.74, 6) is 0. The van der Waals surface area contributed by atoms with E-state index in [4.69, 9.17) is 0 Å². The van der Waals surface area contributed by atoms with Gasteiger partial charge in [0.05, 0.1) is 5.69 Å². The van der Waals surface area contributed by atoms with Crippen molar-refractivity contribution in [3.8, 4) is 0 Å². The molecule has 0 atom stereocenters. The molecule has 18 aromatic carbocycles. The zero-order valence-corrected chi connectivity index (χ0v) is 56.7. The van der Waals surface area contributed by atoms with Gasteiger partial charge >= 0.3 is 0 Å². The zero-order valence-electron chi connectivity index (χ0n) is 56.7. The Morgan fingerprint density at radius 1 is 0.130 bits per heavy atom. The van der Waals surface area contributed by atoms with Crippen molar-refractivity contribution in [1.29, 1.82) is 0 Å². The van der Waals surface area contributed by atoms with Crippen molar-refractivity contribution >= 4 is 154 Å². The van der Waals surface area contributed by atoms with E-state index < -0.39 is 0 Å². The Morgan fingerprint density at radius 3 is 0.590 bits per heavy atom. The van der Waals surface area contributed by atoms with Crippen LogP contribution in [0, 0.1) is 0 Å². The average molecular weight is 1290 g/mol. The smallest absolute Gasteiger partial charge is 0.0618 e. The number of hydrogen-bond acceptors (Lipinski definition) is 4. The summed E-state index contributed by atoms with van der Waals surface area (Å²) in [6, 6.07) is 140. The normalized spacial score (nSPS) is 11.0. The van der Waals surface area contributed by atoms with Crippen molar-refractivity contribution in [3.05, 3.63) is 388 Å². The van der Waals surface area contributed by atoms with Gasteiger partial charge in [0.2, 0.25) is 0 Å². The van der Waals surface area contributed by atoms with Gasteiger partial charge in [0.25, 0.3) is 0 Å². The van der Waals surface area contributed by atoms with E-state index >= 15 is 0 Å². The van der Waals surface area contributed by atoms with E-state index in [1.54, 1.807) is 0 Å². The molecule has 0 amide bonds. The van der Waals surface area contributed by atoms with Crippen molar-refractivity contribution in [2.24, 2.45) is 0 Å². The molecule has 0 spiro atoms. The van der Waals surface area contributed by atoms with Crippen molar-refractivity contribution in [2.75, 3.05) is 19.6 Å². The number of para-hydroxylation sites is 4. The molecule has 480 valence electrons. The van der Waals surface area contributed by atoms with E-state index in [0.29, 0.717) is 0 Å². The molecular formula is C96H76N4. The lowest BCUT2D eigenvalue weighted by molar-refractivity contribution is 1.26. The highest BCUT2D eigenvalue weighted by Crippen LogP contribution is 2.47. The van der Waals surface area contributed by atoms with Gasteiger partial charge in [-0.2, -0.15) is 0 Å². The van der Waals surface area contributed by atoms with Gasteiger partial charge in [0.1, 0.15) is 0 Å². The van der Waals surface area contributed by atoms with Crippen LogP contribution in [-0.4, -0.2) is 0 Å². The Labute approximate surface area is 586 Å². The molecule has 100 heavy (non-hydrogen) atoms. The van der Waals surface area contributed by atoms with E-state index in [0.717, 1.165) is 62.6 Å². The van der Waals surface area contributed by atoms with Crippen LogP contribution in [0.4, 0.5) is 68.2 Å². The molecule has 0 N–H and O–H groups in total. The van der Waals surface area contributed by atoms with Crippen LogP contribution in [0.1, 0.15) is 27.7 Å². The van der Waals surface area contributed by atoms with E-state index in [-0.39, 0.29) is 0 Å². The zero-order chi connectivity index (χ0) is 67.7. The van der Waals surface area contributed by atoms with Gasteiger partial charge in [0.15, 0.2) is 0 Å². The Balaban J connectivity index is 0.000000155. The van der Waals surface area contributed by atoms with Crippen molar-refractivity contribution in [2.45, 2.75) is 27.7 Å².